The Labute approximate surface area is 128 Å². The summed E-state index contributed by atoms with van der Waals surface area (Å²) in [6.07, 6.45) is 2.54. The predicted octanol–water partition coefficient (Wildman–Crippen LogP) is 4.28. The van der Waals surface area contributed by atoms with Gasteiger partial charge in [0.1, 0.15) is 0 Å². The normalized spacial score (nSPS) is 20.3. The number of nitrogens with zero attached hydrogens (tertiary/aromatic N) is 1. The first-order valence-electron chi connectivity index (χ1n) is 7.85. The van der Waals surface area contributed by atoms with Crippen LogP contribution in [0, 0.1) is 13.8 Å². The lowest BCUT2D eigenvalue weighted by Crippen LogP contribution is -2.50. The molecule has 0 amide bonds. The average Bonchev–Trinajstić information content (AvgIpc) is 2.68. The van der Waals surface area contributed by atoms with E-state index in [0.717, 1.165) is 0 Å². The molecule has 1 atom stereocenters. The van der Waals surface area contributed by atoms with Gasteiger partial charge in [-0.2, -0.15) is 0 Å². The smallest absolute Gasteiger partial charge is 0.0305 e. The highest BCUT2D eigenvalue weighted by Crippen LogP contribution is 2.28. The first-order chi connectivity index (χ1) is 9.27. The molecule has 1 unspecified atom stereocenters. The summed E-state index contributed by atoms with van der Waals surface area (Å²) in [5, 5.41) is 3.84. The highest BCUT2D eigenvalue weighted by Gasteiger charge is 2.27. The van der Waals surface area contributed by atoms with Crippen molar-refractivity contribution in [3.63, 3.8) is 0 Å². The van der Waals surface area contributed by atoms with Gasteiger partial charge < -0.3 is 5.32 Å². The molecule has 1 aromatic heterocycles. The van der Waals surface area contributed by atoms with Crippen molar-refractivity contribution in [3.05, 3.63) is 21.4 Å². The number of hydrogen-bond donors (Lipinski definition) is 1. The maximum Gasteiger partial charge on any atom is 0.0305 e. The number of rotatable bonds is 3. The van der Waals surface area contributed by atoms with Crippen molar-refractivity contribution in [1.82, 2.24) is 10.2 Å². The zero-order valence-electron chi connectivity index (χ0n) is 13.9. The van der Waals surface area contributed by atoms with Crippen LogP contribution in [0.1, 0.15) is 61.9 Å². The van der Waals surface area contributed by atoms with E-state index in [1.165, 1.54) is 41.2 Å². The standard InChI is InChI=1S/C17H30N2S/c1-12-11-16(14(3)20-12)13(2)18-15-7-9-19(10-8-15)17(4,5)6/h11,13,15,18H,7-10H2,1-6H3. The van der Waals surface area contributed by atoms with Gasteiger partial charge in [0.05, 0.1) is 0 Å². The van der Waals surface area contributed by atoms with Gasteiger partial charge in [0.25, 0.3) is 0 Å². The minimum atomic E-state index is 0.317. The lowest BCUT2D eigenvalue weighted by atomic mass is 9.97. The van der Waals surface area contributed by atoms with Gasteiger partial charge in [-0.25, -0.2) is 0 Å². The molecule has 1 aliphatic heterocycles. The van der Waals surface area contributed by atoms with Crippen LogP contribution in [0.5, 0.6) is 0 Å². The highest BCUT2D eigenvalue weighted by molar-refractivity contribution is 7.12. The summed E-state index contributed by atoms with van der Waals surface area (Å²) >= 11 is 1.92. The first-order valence-corrected chi connectivity index (χ1v) is 8.67. The summed E-state index contributed by atoms with van der Waals surface area (Å²) in [5.74, 6) is 0. The predicted molar refractivity (Wildman–Crippen MR) is 89.7 cm³/mol. The van der Waals surface area contributed by atoms with Gasteiger partial charge in [0.2, 0.25) is 0 Å². The summed E-state index contributed by atoms with van der Waals surface area (Å²) in [5.41, 5.74) is 1.81. The second-order valence-corrected chi connectivity index (χ2v) is 8.65. The average molecular weight is 295 g/mol. The molecule has 2 rings (SSSR count). The maximum atomic E-state index is 3.84. The molecule has 0 aliphatic carbocycles. The van der Waals surface area contributed by atoms with Gasteiger partial charge in [0.15, 0.2) is 0 Å². The molecule has 0 spiro atoms. The van der Waals surface area contributed by atoms with Crippen molar-refractivity contribution in [2.45, 2.75) is 72.0 Å². The lowest BCUT2D eigenvalue weighted by Gasteiger charge is -2.41. The van der Waals surface area contributed by atoms with Crippen LogP contribution < -0.4 is 5.32 Å². The Hall–Kier alpha value is -0.380. The van der Waals surface area contributed by atoms with E-state index in [0.29, 0.717) is 17.6 Å². The van der Waals surface area contributed by atoms with Crippen LogP contribution in [0.25, 0.3) is 0 Å². The molecule has 2 heterocycles. The Morgan fingerprint density at radius 1 is 1.25 bits per heavy atom. The van der Waals surface area contributed by atoms with Gasteiger partial charge in [-0.3, -0.25) is 4.90 Å². The third-order valence-corrected chi connectivity index (χ3v) is 5.46. The van der Waals surface area contributed by atoms with Crippen LogP contribution in [-0.4, -0.2) is 29.6 Å². The van der Waals surface area contributed by atoms with Gasteiger partial charge >= 0.3 is 0 Å². The molecule has 0 saturated carbocycles. The quantitative estimate of drug-likeness (QED) is 0.895. The topological polar surface area (TPSA) is 15.3 Å². The molecule has 1 fully saturated rings. The minimum absolute atomic E-state index is 0.317. The van der Waals surface area contributed by atoms with E-state index in [1.807, 2.05) is 11.3 Å². The summed E-state index contributed by atoms with van der Waals surface area (Å²) in [6.45, 7) is 16.2. The second kappa shape index (κ2) is 6.17. The monoisotopic (exact) mass is 294 g/mol. The largest absolute Gasteiger partial charge is 0.307 e. The molecule has 0 aromatic carbocycles. The van der Waals surface area contributed by atoms with Crippen molar-refractivity contribution < 1.29 is 0 Å². The molecular formula is C17H30N2S. The molecular weight excluding hydrogens is 264 g/mol. The highest BCUT2D eigenvalue weighted by atomic mass is 32.1. The summed E-state index contributed by atoms with van der Waals surface area (Å²) in [7, 11) is 0. The van der Waals surface area contributed by atoms with Gasteiger partial charge in [-0.05, 0) is 66.0 Å². The Morgan fingerprint density at radius 2 is 1.85 bits per heavy atom. The van der Waals surface area contributed by atoms with E-state index in [-0.39, 0.29) is 0 Å². The Bertz CT molecular complexity index is 436. The summed E-state index contributed by atoms with van der Waals surface area (Å²) in [4.78, 5) is 5.50. The molecule has 1 saturated heterocycles. The van der Waals surface area contributed by atoms with Crippen LogP contribution in [0.2, 0.25) is 0 Å². The lowest BCUT2D eigenvalue weighted by molar-refractivity contribution is 0.0942. The van der Waals surface area contributed by atoms with Crippen molar-refractivity contribution in [3.8, 4) is 0 Å². The Morgan fingerprint density at radius 3 is 2.30 bits per heavy atom. The van der Waals surface area contributed by atoms with Crippen LogP contribution in [0.3, 0.4) is 0 Å². The molecule has 20 heavy (non-hydrogen) atoms. The molecule has 114 valence electrons. The van der Waals surface area contributed by atoms with E-state index in [2.05, 4.69) is 57.8 Å². The molecule has 1 aliphatic rings. The van der Waals surface area contributed by atoms with E-state index in [4.69, 9.17) is 0 Å². The fourth-order valence-electron chi connectivity index (χ4n) is 3.24. The SMILES string of the molecule is Cc1cc(C(C)NC2CCN(C(C)(C)C)CC2)c(C)s1. The van der Waals surface area contributed by atoms with Crippen molar-refractivity contribution >= 4 is 11.3 Å². The van der Waals surface area contributed by atoms with Crippen LogP contribution in [0.4, 0.5) is 0 Å². The van der Waals surface area contributed by atoms with Crippen molar-refractivity contribution in [1.29, 1.82) is 0 Å². The van der Waals surface area contributed by atoms with E-state index >= 15 is 0 Å². The van der Waals surface area contributed by atoms with E-state index in [1.54, 1.807) is 0 Å². The second-order valence-electron chi connectivity index (χ2n) is 7.19. The van der Waals surface area contributed by atoms with Gasteiger partial charge in [-0.15, -0.1) is 11.3 Å². The fraction of sp³-hybridized carbons (Fsp3) is 0.765. The molecule has 0 bridgehead atoms. The number of piperidine rings is 1. The number of aryl methyl sites for hydroxylation is 2. The molecule has 0 radical (unpaired) electrons. The number of thiophene rings is 1. The molecule has 1 N–H and O–H groups in total. The Balaban J connectivity index is 1.88. The van der Waals surface area contributed by atoms with Crippen molar-refractivity contribution in [2.75, 3.05) is 13.1 Å². The van der Waals surface area contributed by atoms with Gasteiger partial charge in [0, 0.05) is 40.5 Å². The van der Waals surface area contributed by atoms with Crippen LogP contribution in [0.15, 0.2) is 6.07 Å². The van der Waals surface area contributed by atoms with E-state index < -0.39 is 0 Å². The van der Waals surface area contributed by atoms with Crippen LogP contribution in [-0.2, 0) is 0 Å². The van der Waals surface area contributed by atoms with Gasteiger partial charge in [-0.1, -0.05) is 0 Å². The number of likely N-dealkylation sites (tertiary alicyclic amines) is 1. The number of nitrogens with one attached hydrogen (secondary N) is 1. The Kier molecular flexibility index (Phi) is 4.93. The zero-order chi connectivity index (χ0) is 14.9. The third kappa shape index (κ3) is 3.84. The maximum absolute atomic E-state index is 3.84. The zero-order valence-corrected chi connectivity index (χ0v) is 14.7. The van der Waals surface area contributed by atoms with Crippen LogP contribution >= 0.6 is 11.3 Å². The molecule has 1 aromatic rings. The fourth-order valence-corrected chi connectivity index (χ4v) is 4.26. The summed E-state index contributed by atoms with van der Waals surface area (Å²) < 4.78 is 0. The molecule has 2 nitrogen and oxygen atoms in total. The minimum Gasteiger partial charge on any atom is -0.307 e. The first kappa shape index (κ1) is 16.0. The van der Waals surface area contributed by atoms with E-state index in [9.17, 15) is 0 Å². The number of hydrogen-bond acceptors (Lipinski definition) is 3. The summed E-state index contributed by atoms with van der Waals surface area (Å²) in [6, 6.07) is 3.50. The third-order valence-electron chi connectivity index (χ3n) is 4.48. The molecule has 3 heteroatoms. The van der Waals surface area contributed by atoms with Crippen molar-refractivity contribution in [2.24, 2.45) is 0 Å².